The van der Waals surface area contributed by atoms with Crippen LogP contribution in [0.5, 0.6) is 0 Å². The molecular weight excluding hydrogens is 188 g/mol. The Morgan fingerprint density at radius 2 is 2.00 bits per heavy atom. The summed E-state index contributed by atoms with van der Waals surface area (Å²) < 4.78 is 0. The standard InChI is InChI=1S/C12H22N2O/c1-2-3-4-5-6-11(15)14-12-9-7-13-8-10(9)12/h9-10,12-13H,2-8H2,1H3,(H,14,15). The van der Waals surface area contributed by atoms with Gasteiger partial charge in [-0.3, -0.25) is 4.79 Å². The molecule has 2 unspecified atom stereocenters. The average Bonchev–Trinajstić information content (AvgIpc) is 2.69. The van der Waals surface area contributed by atoms with E-state index in [9.17, 15) is 4.79 Å². The summed E-state index contributed by atoms with van der Waals surface area (Å²) in [5, 5.41) is 6.49. The lowest BCUT2D eigenvalue weighted by Gasteiger charge is -2.07. The van der Waals surface area contributed by atoms with Crippen LogP contribution in [0.25, 0.3) is 0 Å². The van der Waals surface area contributed by atoms with Crippen molar-refractivity contribution >= 4 is 5.91 Å². The predicted octanol–water partition coefficient (Wildman–Crippen LogP) is 1.29. The topological polar surface area (TPSA) is 41.1 Å². The number of hydrogen-bond donors (Lipinski definition) is 2. The Bertz CT molecular complexity index is 220. The van der Waals surface area contributed by atoms with Crippen LogP contribution in [0, 0.1) is 11.8 Å². The van der Waals surface area contributed by atoms with Gasteiger partial charge < -0.3 is 10.6 Å². The molecule has 0 bridgehead atoms. The fourth-order valence-electron chi connectivity index (χ4n) is 2.60. The van der Waals surface area contributed by atoms with Gasteiger partial charge in [-0.1, -0.05) is 26.2 Å². The highest BCUT2D eigenvalue weighted by molar-refractivity contribution is 5.76. The minimum Gasteiger partial charge on any atom is -0.353 e. The second kappa shape index (κ2) is 4.97. The molecule has 15 heavy (non-hydrogen) atoms. The maximum atomic E-state index is 11.6. The van der Waals surface area contributed by atoms with Crippen LogP contribution >= 0.6 is 0 Å². The van der Waals surface area contributed by atoms with Crippen LogP contribution in [0.1, 0.15) is 39.0 Å². The van der Waals surface area contributed by atoms with Crippen molar-refractivity contribution in [1.82, 2.24) is 10.6 Å². The second-order valence-electron chi connectivity index (χ2n) is 4.89. The van der Waals surface area contributed by atoms with Crippen molar-refractivity contribution in [1.29, 1.82) is 0 Å². The molecule has 1 amide bonds. The van der Waals surface area contributed by atoms with Gasteiger partial charge in [0.2, 0.25) is 5.91 Å². The summed E-state index contributed by atoms with van der Waals surface area (Å²) in [4.78, 5) is 11.6. The number of carbonyl (C=O) groups is 1. The van der Waals surface area contributed by atoms with Gasteiger partial charge in [0.15, 0.2) is 0 Å². The number of rotatable bonds is 6. The second-order valence-corrected chi connectivity index (χ2v) is 4.89. The normalized spacial score (nSPS) is 32.5. The van der Waals surface area contributed by atoms with E-state index in [1.54, 1.807) is 0 Å². The molecule has 2 atom stereocenters. The Labute approximate surface area is 92.0 Å². The smallest absolute Gasteiger partial charge is 0.220 e. The van der Waals surface area contributed by atoms with E-state index in [0.717, 1.165) is 37.8 Å². The van der Waals surface area contributed by atoms with E-state index in [0.29, 0.717) is 6.04 Å². The van der Waals surface area contributed by atoms with E-state index in [1.807, 2.05) is 0 Å². The van der Waals surface area contributed by atoms with E-state index < -0.39 is 0 Å². The molecule has 0 aromatic rings. The van der Waals surface area contributed by atoms with Gasteiger partial charge in [0.25, 0.3) is 0 Å². The molecule has 86 valence electrons. The predicted molar refractivity (Wildman–Crippen MR) is 60.5 cm³/mol. The molecule has 1 heterocycles. The van der Waals surface area contributed by atoms with Gasteiger partial charge >= 0.3 is 0 Å². The number of nitrogens with one attached hydrogen (secondary N) is 2. The summed E-state index contributed by atoms with van der Waals surface area (Å²) in [5.41, 5.74) is 0. The Morgan fingerprint density at radius 3 is 2.67 bits per heavy atom. The van der Waals surface area contributed by atoms with Crippen molar-refractivity contribution in [3.8, 4) is 0 Å². The first kappa shape index (κ1) is 10.9. The number of amides is 1. The van der Waals surface area contributed by atoms with Crippen LogP contribution in [0.15, 0.2) is 0 Å². The highest BCUT2D eigenvalue weighted by atomic mass is 16.1. The molecule has 2 aliphatic rings. The monoisotopic (exact) mass is 210 g/mol. The maximum absolute atomic E-state index is 11.6. The molecule has 3 heteroatoms. The van der Waals surface area contributed by atoms with Gasteiger partial charge in [-0.25, -0.2) is 0 Å². The average molecular weight is 210 g/mol. The number of fused-ring (bicyclic) bond motifs is 1. The third-order valence-electron chi connectivity index (χ3n) is 3.68. The van der Waals surface area contributed by atoms with Gasteiger partial charge in [0.05, 0.1) is 0 Å². The highest BCUT2D eigenvalue weighted by Crippen LogP contribution is 2.41. The van der Waals surface area contributed by atoms with Crippen molar-refractivity contribution in [3.05, 3.63) is 0 Å². The SMILES string of the molecule is CCCCCCC(=O)NC1C2CNCC21. The molecule has 0 spiro atoms. The number of hydrogen-bond acceptors (Lipinski definition) is 2. The first-order chi connectivity index (χ1) is 7.33. The number of piperidine rings is 1. The van der Waals surface area contributed by atoms with Crippen molar-refractivity contribution in [3.63, 3.8) is 0 Å². The highest BCUT2D eigenvalue weighted by Gasteiger charge is 2.53. The molecule has 2 N–H and O–H groups in total. The van der Waals surface area contributed by atoms with Gasteiger partial charge in [0, 0.05) is 25.6 Å². The van der Waals surface area contributed by atoms with Crippen LogP contribution in [0.3, 0.4) is 0 Å². The van der Waals surface area contributed by atoms with Crippen LogP contribution < -0.4 is 10.6 Å². The molecule has 0 radical (unpaired) electrons. The van der Waals surface area contributed by atoms with Gasteiger partial charge in [-0.15, -0.1) is 0 Å². The van der Waals surface area contributed by atoms with Gasteiger partial charge in [-0.05, 0) is 18.3 Å². The zero-order valence-corrected chi connectivity index (χ0v) is 9.59. The summed E-state index contributed by atoms with van der Waals surface area (Å²) in [6, 6.07) is 0.505. The lowest BCUT2D eigenvalue weighted by atomic mass is 10.1. The Hall–Kier alpha value is -0.570. The van der Waals surface area contributed by atoms with Crippen LogP contribution in [-0.2, 0) is 4.79 Å². The molecule has 0 aromatic heterocycles. The zero-order chi connectivity index (χ0) is 10.7. The number of unbranched alkanes of at least 4 members (excludes halogenated alkanes) is 3. The van der Waals surface area contributed by atoms with Crippen LogP contribution in [0.2, 0.25) is 0 Å². The molecule has 3 nitrogen and oxygen atoms in total. The minimum atomic E-state index is 0.269. The Balaban J connectivity index is 1.54. The summed E-state index contributed by atoms with van der Waals surface area (Å²) in [6.07, 6.45) is 5.47. The summed E-state index contributed by atoms with van der Waals surface area (Å²) in [6.45, 7) is 4.40. The van der Waals surface area contributed by atoms with Gasteiger partial charge in [0.1, 0.15) is 0 Å². The summed E-state index contributed by atoms with van der Waals surface area (Å²) in [7, 11) is 0. The fourth-order valence-corrected chi connectivity index (χ4v) is 2.60. The zero-order valence-electron chi connectivity index (χ0n) is 9.59. The molecule has 2 rings (SSSR count). The third kappa shape index (κ3) is 2.71. The van der Waals surface area contributed by atoms with Crippen molar-refractivity contribution < 1.29 is 4.79 Å². The quantitative estimate of drug-likeness (QED) is 0.649. The lowest BCUT2D eigenvalue weighted by molar-refractivity contribution is -0.121. The first-order valence-electron chi connectivity index (χ1n) is 6.33. The largest absolute Gasteiger partial charge is 0.353 e. The van der Waals surface area contributed by atoms with Crippen molar-refractivity contribution in [2.75, 3.05) is 13.1 Å². The van der Waals surface area contributed by atoms with Crippen molar-refractivity contribution in [2.45, 2.75) is 45.1 Å². The molecule has 1 aliphatic heterocycles. The third-order valence-corrected chi connectivity index (χ3v) is 3.68. The van der Waals surface area contributed by atoms with Crippen LogP contribution in [-0.4, -0.2) is 25.0 Å². The molecule has 1 saturated heterocycles. The molecule has 1 aliphatic carbocycles. The maximum Gasteiger partial charge on any atom is 0.220 e. The van der Waals surface area contributed by atoms with E-state index in [4.69, 9.17) is 0 Å². The van der Waals surface area contributed by atoms with Crippen molar-refractivity contribution in [2.24, 2.45) is 11.8 Å². The minimum absolute atomic E-state index is 0.269. The van der Waals surface area contributed by atoms with Gasteiger partial charge in [-0.2, -0.15) is 0 Å². The summed E-state index contributed by atoms with van der Waals surface area (Å²) >= 11 is 0. The fraction of sp³-hybridized carbons (Fsp3) is 0.917. The van der Waals surface area contributed by atoms with E-state index in [2.05, 4.69) is 17.6 Å². The molecule has 0 aromatic carbocycles. The molecular formula is C12H22N2O. The number of carbonyl (C=O) groups excluding carboxylic acids is 1. The van der Waals surface area contributed by atoms with Crippen LogP contribution in [0.4, 0.5) is 0 Å². The lowest BCUT2D eigenvalue weighted by Crippen LogP contribution is -2.32. The van der Waals surface area contributed by atoms with E-state index in [1.165, 1.54) is 19.3 Å². The molecule has 1 saturated carbocycles. The summed E-state index contributed by atoms with van der Waals surface area (Å²) in [5.74, 6) is 1.75. The Kier molecular flexibility index (Phi) is 3.62. The van der Waals surface area contributed by atoms with E-state index in [-0.39, 0.29) is 5.91 Å². The Morgan fingerprint density at radius 1 is 1.27 bits per heavy atom. The van der Waals surface area contributed by atoms with E-state index >= 15 is 0 Å². The molecule has 2 fully saturated rings. The first-order valence-corrected chi connectivity index (χ1v) is 6.33.